The van der Waals surface area contributed by atoms with Crippen LogP contribution in [0.4, 0.5) is 24.5 Å². The summed E-state index contributed by atoms with van der Waals surface area (Å²) in [5.41, 5.74) is 0.499. The first-order valence-corrected chi connectivity index (χ1v) is 11.2. The molecule has 0 saturated carbocycles. The lowest BCUT2D eigenvalue weighted by Crippen LogP contribution is -2.11. The third kappa shape index (κ3) is 6.30. The van der Waals surface area contributed by atoms with Crippen LogP contribution in [0.1, 0.15) is 33.0 Å². The van der Waals surface area contributed by atoms with E-state index >= 15 is 0 Å². The minimum Gasteiger partial charge on any atom is -0.485 e. The number of nitrogens with zero attached hydrogens (tertiary/aromatic N) is 1. The average molecular weight is 526 g/mol. The molecule has 11 heteroatoms. The smallest absolute Gasteiger partial charge is 0.416 e. The molecule has 1 N–H and O–H groups in total. The number of alkyl halides is 3. The highest BCUT2D eigenvalue weighted by Gasteiger charge is 2.30. The number of non-ortho nitro benzene ring substituents is 1. The zero-order chi connectivity index (χ0) is 27.4. The van der Waals surface area contributed by atoms with E-state index in [1.165, 1.54) is 18.2 Å². The summed E-state index contributed by atoms with van der Waals surface area (Å²) >= 11 is 0. The van der Waals surface area contributed by atoms with Gasteiger partial charge in [-0.3, -0.25) is 14.9 Å². The molecule has 0 unspecified atom stereocenters. The van der Waals surface area contributed by atoms with Crippen LogP contribution >= 0.6 is 0 Å². The third-order valence-corrected chi connectivity index (χ3v) is 5.41. The topological polar surface area (TPSA) is 104 Å². The van der Waals surface area contributed by atoms with Crippen LogP contribution in [0.25, 0.3) is 0 Å². The van der Waals surface area contributed by atoms with Crippen LogP contribution in [0.15, 0.2) is 77.2 Å². The molecule has 0 atom stereocenters. The van der Waals surface area contributed by atoms with Crippen molar-refractivity contribution in [2.75, 3.05) is 5.32 Å². The van der Waals surface area contributed by atoms with E-state index in [-0.39, 0.29) is 29.6 Å². The van der Waals surface area contributed by atoms with Gasteiger partial charge in [0.2, 0.25) is 0 Å². The number of amides is 1. The van der Waals surface area contributed by atoms with E-state index in [0.717, 1.165) is 41.5 Å². The molecule has 4 aromatic rings. The Kier molecular flexibility index (Phi) is 7.38. The van der Waals surface area contributed by atoms with Crippen LogP contribution in [0, 0.1) is 24.0 Å². The van der Waals surface area contributed by atoms with Gasteiger partial charge in [-0.05, 0) is 55.3 Å². The Bertz CT molecular complexity index is 1480. The average Bonchev–Trinajstić information content (AvgIpc) is 3.32. The number of benzene rings is 3. The first kappa shape index (κ1) is 26.3. The molecule has 0 fully saturated rings. The lowest BCUT2D eigenvalue weighted by molar-refractivity contribution is -0.384. The van der Waals surface area contributed by atoms with E-state index in [0.29, 0.717) is 11.5 Å². The number of rotatable bonds is 8. The highest BCUT2D eigenvalue weighted by atomic mass is 19.4. The van der Waals surface area contributed by atoms with Gasteiger partial charge in [0, 0.05) is 12.1 Å². The predicted molar refractivity (Wildman–Crippen MR) is 132 cm³/mol. The maximum Gasteiger partial charge on any atom is 0.416 e. The fourth-order valence-corrected chi connectivity index (χ4v) is 3.63. The maximum atomic E-state index is 13.0. The Morgan fingerprint density at radius 1 is 0.974 bits per heavy atom. The van der Waals surface area contributed by atoms with Gasteiger partial charge in [0.15, 0.2) is 5.76 Å². The Hall–Kier alpha value is -4.80. The minimum absolute atomic E-state index is 0.0177. The van der Waals surface area contributed by atoms with E-state index in [9.17, 15) is 28.1 Å². The Morgan fingerprint density at radius 3 is 2.37 bits per heavy atom. The first-order chi connectivity index (χ1) is 18.0. The fourth-order valence-electron chi connectivity index (χ4n) is 3.63. The first-order valence-electron chi connectivity index (χ1n) is 11.2. The van der Waals surface area contributed by atoms with Crippen molar-refractivity contribution in [3.63, 3.8) is 0 Å². The van der Waals surface area contributed by atoms with Crippen molar-refractivity contribution in [1.82, 2.24) is 0 Å². The molecule has 0 spiro atoms. The van der Waals surface area contributed by atoms with Gasteiger partial charge in [0.05, 0.1) is 22.2 Å². The van der Waals surface area contributed by atoms with Gasteiger partial charge in [-0.25, -0.2) is 0 Å². The number of nitrogens with one attached hydrogen (secondary N) is 1. The number of nitro benzene ring substituents is 1. The van der Waals surface area contributed by atoms with Gasteiger partial charge < -0.3 is 19.2 Å². The van der Waals surface area contributed by atoms with E-state index in [1.54, 1.807) is 6.07 Å². The lowest BCUT2D eigenvalue weighted by atomic mass is 10.1. The summed E-state index contributed by atoms with van der Waals surface area (Å²) in [5.74, 6) is -0.0101. The maximum absolute atomic E-state index is 13.0. The summed E-state index contributed by atoms with van der Waals surface area (Å²) in [6.07, 6.45) is -4.59. The highest BCUT2D eigenvalue weighted by Crippen LogP contribution is 2.34. The molecule has 0 bridgehead atoms. The predicted octanol–water partition coefficient (Wildman–Crippen LogP) is 7.45. The molecule has 0 aliphatic rings. The second kappa shape index (κ2) is 10.7. The summed E-state index contributed by atoms with van der Waals surface area (Å²) in [5, 5.41) is 13.9. The summed E-state index contributed by atoms with van der Waals surface area (Å²) in [7, 11) is 0. The molecule has 1 heterocycles. The number of anilines is 1. The number of hydrogen-bond acceptors (Lipinski definition) is 6. The van der Waals surface area contributed by atoms with E-state index < -0.39 is 28.3 Å². The number of furan rings is 1. The van der Waals surface area contributed by atoms with Crippen molar-refractivity contribution >= 4 is 17.3 Å². The van der Waals surface area contributed by atoms with Crippen LogP contribution in [0.3, 0.4) is 0 Å². The molecule has 8 nitrogen and oxygen atoms in total. The monoisotopic (exact) mass is 526 g/mol. The Morgan fingerprint density at radius 2 is 1.68 bits per heavy atom. The summed E-state index contributed by atoms with van der Waals surface area (Å²) in [4.78, 5) is 23.4. The molecule has 1 aromatic heterocycles. The van der Waals surface area contributed by atoms with Crippen LogP contribution < -0.4 is 14.8 Å². The molecule has 4 rings (SSSR count). The van der Waals surface area contributed by atoms with Crippen molar-refractivity contribution in [2.45, 2.75) is 26.6 Å². The summed E-state index contributed by atoms with van der Waals surface area (Å²) in [6.45, 7) is 3.89. The number of carbonyl (C=O) groups excluding carboxylic acids is 1. The minimum atomic E-state index is -4.59. The van der Waals surface area contributed by atoms with Crippen LogP contribution in [0.2, 0.25) is 0 Å². The van der Waals surface area contributed by atoms with Crippen molar-refractivity contribution in [1.29, 1.82) is 0 Å². The van der Waals surface area contributed by atoms with E-state index in [2.05, 4.69) is 5.32 Å². The molecule has 0 aliphatic carbocycles. The summed E-state index contributed by atoms with van der Waals surface area (Å²) < 4.78 is 55.8. The van der Waals surface area contributed by atoms with Crippen molar-refractivity contribution < 1.29 is 36.8 Å². The quantitative estimate of drug-likeness (QED) is 0.189. The van der Waals surface area contributed by atoms with Gasteiger partial charge >= 0.3 is 6.18 Å². The number of halogens is 3. The summed E-state index contributed by atoms with van der Waals surface area (Å²) in [6, 6.07) is 16.2. The van der Waals surface area contributed by atoms with Crippen molar-refractivity contribution in [2.24, 2.45) is 0 Å². The van der Waals surface area contributed by atoms with Gasteiger partial charge in [-0.1, -0.05) is 24.3 Å². The fraction of sp³-hybridized carbons (Fsp3) is 0.148. The number of aryl methyl sites for hydroxylation is 2. The van der Waals surface area contributed by atoms with E-state index in [4.69, 9.17) is 13.9 Å². The van der Waals surface area contributed by atoms with Crippen molar-refractivity contribution in [3.8, 4) is 17.2 Å². The number of carbonyl (C=O) groups is 1. The molecule has 1 amide bonds. The molecule has 38 heavy (non-hydrogen) atoms. The zero-order valence-corrected chi connectivity index (χ0v) is 20.2. The van der Waals surface area contributed by atoms with Crippen LogP contribution in [-0.2, 0) is 12.8 Å². The highest BCUT2D eigenvalue weighted by molar-refractivity contribution is 6.02. The molecule has 0 radical (unpaired) electrons. The van der Waals surface area contributed by atoms with Crippen LogP contribution in [0.5, 0.6) is 17.2 Å². The number of hydrogen-bond donors (Lipinski definition) is 1. The standard InChI is InChI=1S/C27H21F3N2O6/c1-16-5-3-6-17(2)25(16)36-15-22-9-10-24(38-22)26(33)31-19-12-20(32(34)35)14-23(13-19)37-21-8-4-7-18(11-21)27(28,29)30/h3-14H,15H2,1-2H3,(H,31,33). The van der Waals surface area contributed by atoms with E-state index in [1.807, 2.05) is 32.0 Å². The third-order valence-electron chi connectivity index (χ3n) is 5.41. The van der Waals surface area contributed by atoms with Crippen LogP contribution in [-0.4, -0.2) is 10.8 Å². The molecule has 0 saturated heterocycles. The van der Waals surface area contributed by atoms with Gasteiger partial charge in [0.1, 0.15) is 29.6 Å². The van der Waals surface area contributed by atoms with Gasteiger partial charge in [-0.2, -0.15) is 13.2 Å². The lowest BCUT2D eigenvalue weighted by Gasteiger charge is -2.11. The van der Waals surface area contributed by atoms with Gasteiger partial charge in [0.25, 0.3) is 11.6 Å². The molecule has 3 aromatic carbocycles. The van der Waals surface area contributed by atoms with Gasteiger partial charge in [-0.15, -0.1) is 0 Å². The Balaban J connectivity index is 1.49. The normalized spacial score (nSPS) is 11.2. The van der Waals surface area contributed by atoms with Crippen molar-refractivity contribution in [3.05, 3.63) is 111 Å². The second-order valence-corrected chi connectivity index (χ2v) is 8.33. The largest absolute Gasteiger partial charge is 0.485 e. The zero-order valence-electron chi connectivity index (χ0n) is 20.2. The second-order valence-electron chi connectivity index (χ2n) is 8.33. The molecular weight excluding hydrogens is 505 g/mol. The SMILES string of the molecule is Cc1cccc(C)c1OCc1ccc(C(=O)Nc2cc(Oc3cccc(C(F)(F)F)c3)cc([N+](=O)[O-])c2)o1. The molecule has 196 valence electrons. The number of para-hydroxylation sites is 1. The molecule has 0 aliphatic heterocycles. The Labute approximate surface area is 214 Å². The number of nitro groups is 1. The number of ether oxygens (including phenoxy) is 2. The molecular formula is C27H21F3N2O6.